The highest BCUT2D eigenvalue weighted by Crippen LogP contribution is 2.29. The molecule has 2 nitrogen and oxygen atoms in total. The lowest BCUT2D eigenvalue weighted by atomic mass is 10.5. The first-order valence-electron chi connectivity index (χ1n) is 2.79. The summed E-state index contributed by atoms with van der Waals surface area (Å²) in [5.74, 6) is 0. The Hall–Kier alpha value is 0.790. The van der Waals surface area contributed by atoms with Crippen LogP contribution in [0.5, 0.6) is 0 Å². The smallest absolute Gasteiger partial charge is 0.192 e. The molecule has 0 aromatic rings. The van der Waals surface area contributed by atoms with Gasteiger partial charge in [-0.3, -0.25) is 0 Å². The summed E-state index contributed by atoms with van der Waals surface area (Å²) in [6.45, 7) is 0.249. The Balaban J connectivity index is 3.04. The normalized spacial score (nSPS) is 12.0. The maximum absolute atomic E-state index is 9.83. The fraction of sp³-hybridized carbons (Fsp3) is 1.00. The Bertz CT molecular complexity index is 81.5. The summed E-state index contributed by atoms with van der Waals surface area (Å²) >= 11 is 16.2. The summed E-state index contributed by atoms with van der Waals surface area (Å²) in [7, 11) is 0. The minimum Gasteiger partial charge on any atom is -0.379 e. The SMILES string of the molecule is [O]CCOCCC(Cl)(Cl)Cl. The lowest BCUT2D eigenvalue weighted by Gasteiger charge is -2.09. The highest BCUT2D eigenvalue weighted by molar-refractivity contribution is 6.67. The van der Waals surface area contributed by atoms with Crippen molar-refractivity contribution in [3.63, 3.8) is 0 Å². The fourth-order valence-electron chi connectivity index (χ4n) is 0.349. The molecule has 0 spiro atoms. The van der Waals surface area contributed by atoms with Gasteiger partial charge in [-0.2, -0.15) is 0 Å². The van der Waals surface area contributed by atoms with E-state index in [2.05, 4.69) is 0 Å². The van der Waals surface area contributed by atoms with E-state index in [1.165, 1.54) is 0 Å². The summed E-state index contributed by atoms with van der Waals surface area (Å²) in [4.78, 5) is 0. The summed E-state index contributed by atoms with van der Waals surface area (Å²) in [5, 5.41) is 9.83. The third kappa shape index (κ3) is 8.79. The second-order valence-corrected chi connectivity index (χ2v) is 4.20. The average molecular weight is 206 g/mol. The predicted octanol–water partition coefficient (Wildman–Crippen LogP) is 2.19. The molecular weight excluding hydrogens is 198 g/mol. The zero-order valence-electron chi connectivity index (χ0n) is 5.28. The van der Waals surface area contributed by atoms with Crippen LogP contribution in [0.4, 0.5) is 0 Å². The van der Waals surface area contributed by atoms with Gasteiger partial charge < -0.3 is 4.74 Å². The van der Waals surface area contributed by atoms with Crippen molar-refractivity contribution in [2.45, 2.75) is 10.2 Å². The van der Waals surface area contributed by atoms with Crippen LogP contribution in [-0.4, -0.2) is 23.6 Å². The second kappa shape index (κ2) is 5.44. The maximum atomic E-state index is 9.83. The molecule has 0 heterocycles. The van der Waals surface area contributed by atoms with Crippen molar-refractivity contribution in [1.29, 1.82) is 0 Å². The molecule has 0 saturated heterocycles. The van der Waals surface area contributed by atoms with Crippen LogP contribution in [-0.2, 0) is 9.84 Å². The molecule has 10 heavy (non-hydrogen) atoms. The monoisotopic (exact) mass is 205 g/mol. The van der Waals surface area contributed by atoms with Crippen LogP contribution in [0.1, 0.15) is 6.42 Å². The van der Waals surface area contributed by atoms with Gasteiger partial charge in [-0.15, -0.1) is 0 Å². The number of rotatable bonds is 4. The molecular formula is C5H8Cl3O2. The third-order valence-electron chi connectivity index (χ3n) is 0.758. The summed E-state index contributed by atoms with van der Waals surface area (Å²) in [5.41, 5.74) is 0. The van der Waals surface area contributed by atoms with Gasteiger partial charge in [0.15, 0.2) is 3.79 Å². The summed E-state index contributed by atoms with van der Waals surface area (Å²) in [6.07, 6.45) is 0.317. The van der Waals surface area contributed by atoms with Crippen LogP contribution in [0.25, 0.3) is 0 Å². The van der Waals surface area contributed by atoms with Gasteiger partial charge >= 0.3 is 0 Å². The van der Waals surface area contributed by atoms with Crippen LogP contribution in [0, 0.1) is 0 Å². The molecule has 0 N–H and O–H groups in total. The van der Waals surface area contributed by atoms with E-state index in [0.29, 0.717) is 13.0 Å². The molecule has 0 aromatic heterocycles. The lowest BCUT2D eigenvalue weighted by molar-refractivity contribution is 0.0630. The van der Waals surface area contributed by atoms with E-state index in [4.69, 9.17) is 39.5 Å². The minimum absolute atomic E-state index is 0.181. The molecule has 0 aliphatic heterocycles. The standard InChI is InChI=1S/C5H8Cl3O2/c6-5(7,8)1-3-10-4-2-9/h1-4H2. The Kier molecular flexibility index (Phi) is 5.87. The number of halogens is 3. The van der Waals surface area contributed by atoms with E-state index in [-0.39, 0.29) is 13.2 Å². The molecule has 0 amide bonds. The second-order valence-electron chi connectivity index (χ2n) is 1.68. The van der Waals surface area contributed by atoms with Gasteiger partial charge in [0.1, 0.15) is 6.61 Å². The molecule has 0 aromatic carbocycles. The van der Waals surface area contributed by atoms with Crippen molar-refractivity contribution in [3.05, 3.63) is 0 Å². The number of hydrogen-bond acceptors (Lipinski definition) is 1. The van der Waals surface area contributed by atoms with Crippen molar-refractivity contribution in [1.82, 2.24) is 0 Å². The maximum Gasteiger partial charge on any atom is 0.192 e. The Morgan fingerprint density at radius 1 is 1.20 bits per heavy atom. The van der Waals surface area contributed by atoms with Gasteiger partial charge in [0.2, 0.25) is 0 Å². The highest BCUT2D eigenvalue weighted by atomic mass is 35.6. The first-order chi connectivity index (χ1) is 4.56. The van der Waals surface area contributed by atoms with Gasteiger partial charge in [-0.25, -0.2) is 5.11 Å². The molecule has 0 bridgehead atoms. The van der Waals surface area contributed by atoms with Gasteiger partial charge in [-0.1, -0.05) is 34.8 Å². The Labute approximate surface area is 75.0 Å². The molecule has 0 atom stereocenters. The first kappa shape index (κ1) is 10.8. The molecule has 5 heteroatoms. The van der Waals surface area contributed by atoms with E-state index in [9.17, 15) is 5.11 Å². The van der Waals surface area contributed by atoms with Crippen molar-refractivity contribution in [2.24, 2.45) is 0 Å². The summed E-state index contributed by atoms with van der Waals surface area (Å²) < 4.78 is 3.53. The Morgan fingerprint density at radius 3 is 2.20 bits per heavy atom. The van der Waals surface area contributed by atoms with Crippen molar-refractivity contribution in [3.8, 4) is 0 Å². The zero-order chi connectivity index (χ0) is 8.04. The van der Waals surface area contributed by atoms with Crippen LogP contribution >= 0.6 is 34.8 Å². The number of alkyl halides is 3. The topological polar surface area (TPSA) is 29.1 Å². The lowest BCUT2D eigenvalue weighted by Crippen LogP contribution is -2.09. The van der Waals surface area contributed by atoms with Gasteiger partial charge in [0.05, 0.1) is 13.2 Å². The van der Waals surface area contributed by atoms with Crippen LogP contribution < -0.4 is 0 Å². The molecule has 0 fully saturated rings. The first-order valence-corrected chi connectivity index (χ1v) is 3.92. The van der Waals surface area contributed by atoms with Gasteiger partial charge in [0, 0.05) is 6.42 Å². The van der Waals surface area contributed by atoms with Crippen LogP contribution in [0.3, 0.4) is 0 Å². The largest absolute Gasteiger partial charge is 0.379 e. The zero-order valence-corrected chi connectivity index (χ0v) is 7.55. The fourth-order valence-corrected chi connectivity index (χ4v) is 0.580. The molecule has 1 radical (unpaired) electrons. The van der Waals surface area contributed by atoms with E-state index in [1.807, 2.05) is 0 Å². The Morgan fingerprint density at radius 2 is 1.80 bits per heavy atom. The molecule has 0 rings (SSSR count). The predicted molar refractivity (Wildman–Crippen MR) is 41.3 cm³/mol. The van der Waals surface area contributed by atoms with Gasteiger partial charge in [0.25, 0.3) is 0 Å². The van der Waals surface area contributed by atoms with Crippen molar-refractivity contribution >= 4 is 34.8 Å². The van der Waals surface area contributed by atoms with E-state index >= 15 is 0 Å². The molecule has 0 saturated carbocycles. The minimum atomic E-state index is -1.26. The third-order valence-corrected chi connectivity index (χ3v) is 1.32. The van der Waals surface area contributed by atoms with Crippen LogP contribution in [0.15, 0.2) is 0 Å². The van der Waals surface area contributed by atoms with E-state index in [0.717, 1.165) is 0 Å². The van der Waals surface area contributed by atoms with Gasteiger partial charge in [-0.05, 0) is 0 Å². The molecule has 61 valence electrons. The quantitative estimate of drug-likeness (QED) is 0.512. The highest BCUT2D eigenvalue weighted by Gasteiger charge is 2.18. The number of ether oxygens (including phenoxy) is 1. The van der Waals surface area contributed by atoms with Crippen LogP contribution in [0.2, 0.25) is 0 Å². The average Bonchev–Trinajstić information content (AvgIpc) is 1.78. The van der Waals surface area contributed by atoms with Crippen molar-refractivity contribution in [2.75, 3.05) is 19.8 Å². The number of hydrogen-bond donors (Lipinski definition) is 0. The van der Waals surface area contributed by atoms with E-state index in [1.54, 1.807) is 0 Å². The van der Waals surface area contributed by atoms with Crippen molar-refractivity contribution < 1.29 is 9.84 Å². The molecule has 0 unspecified atom stereocenters. The van der Waals surface area contributed by atoms with E-state index < -0.39 is 3.79 Å². The molecule has 0 aliphatic carbocycles. The molecule has 0 aliphatic rings. The summed E-state index contributed by atoms with van der Waals surface area (Å²) in [6, 6.07) is 0.